The summed E-state index contributed by atoms with van der Waals surface area (Å²) in [6.07, 6.45) is 2.23. The van der Waals surface area contributed by atoms with Crippen molar-refractivity contribution in [2.45, 2.75) is 20.3 Å². The fourth-order valence-corrected chi connectivity index (χ4v) is 2.33. The van der Waals surface area contributed by atoms with Gasteiger partial charge < -0.3 is 20.8 Å². The van der Waals surface area contributed by atoms with E-state index in [1.54, 1.807) is 6.92 Å². The normalized spacial score (nSPS) is 10.1. The quantitative estimate of drug-likeness (QED) is 0.501. The van der Waals surface area contributed by atoms with Gasteiger partial charge in [-0.2, -0.15) is 0 Å². The van der Waals surface area contributed by atoms with Gasteiger partial charge in [0.25, 0.3) is 0 Å². The van der Waals surface area contributed by atoms with Crippen LogP contribution in [0.25, 0.3) is 16.6 Å². The number of rotatable bonds is 3. The van der Waals surface area contributed by atoms with Crippen molar-refractivity contribution < 1.29 is 9.90 Å². The molecule has 4 N–H and O–H groups in total. The second kappa shape index (κ2) is 7.46. The second-order valence-electron chi connectivity index (χ2n) is 5.39. The SMILES string of the molecule is CC(=N)c1cn(-c2ccc(N)cc2)c2ccccc12.CCC(=O)O. The first-order chi connectivity index (χ1) is 11.4. The lowest BCUT2D eigenvalue weighted by atomic mass is 10.1. The number of hydrogen-bond donors (Lipinski definition) is 3. The summed E-state index contributed by atoms with van der Waals surface area (Å²) < 4.78 is 2.10. The first-order valence-corrected chi connectivity index (χ1v) is 7.67. The molecule has 0 radical (unpaired) electrons. The molecule has 24 heavy (non-hydrogen) atoms. The largest absolute Gasteiger partial charge is 0.481 e. The van der Waals surface area contributed by atoms with E-state index < -0.39 is 5.97 Å². The molecule has 0 bridgehead atoms. The number of nitrogens with one attached hydrogen (secondary N) is 1. The van der Waals surface area contributed by atoms with E-state index >= 15 is 0 Å². The van der Waals surface area contributed by atoms with Crippen molar-refractivity contribution in [3.63, 3.8) is 0 Å². The Morgan fingerprint density at radius 2 is 1.75 bits per heavy atom. The van der Waals surface area contributed by atoms with Gasteiger partial charge in [0.15, 0.2) is 0 Å². The smallest absolute Gasteiger partial charge is 0.303 e. The number of aromatic nitrogens is 1. The summed E-state index contributed by atoms with van der Waals surface area (Å²) in [5.74, 6) is -0.745. The zero-order valence-electron chi connectivity index (χ0n) is 13.8. The molecule has 0 aliphatic carbocycles. The summed E-state index contributed by atoms with van der Waals surface area (Å²) in [6.45, 7) is 3.41. The summed E-state index contributed by atoms with van der Waals surface area (Å²) in [7, 11) is 0. The van der Waals surface area contributed by atoms with Crippen molar-refractivity contribution in [1.29, 1.82) is 5.41 Å². The maximum absolute atomic E-state index is 9.37. The van der Waals surface area contributed by atoms with E-state index in [-0.39, 0.29) is 6.42 Å². The average molecular weight is 323 g/mol. The molecule has 3 aromatic rings. The molecule has 5 nitrogen and oxygen atoms in total. The van der Waals surface area contributed by atoms with Gasteiger partial charge in [-0.05, 0) is 37.3 Å². The van der Waals surface area contributed by atoms with E-state index in [0.717, 1.165) is 27.8 Å². The maximum Gasteiger partial charge on any atom is 0.303 e. The summed E-state index contributed by atoms with van der Waals surface area (Å²) in [6, 6.07) is 15.9. The van der Waals surface area contributed by atoms with E-state index in [1.807, 2.05) is 49.5 Å². The van der Waals surface area contributed by atoms with Gasteiger partial charge in [0.2, 0.25) is 0 Å². The van der Waals surface area contributed by atoms with Gasteiger partial charge in [-0.25, -0.2) is 0 Å². The first kappa shape index (κ1) is 17.3. The number of nitrogens with zero attached hydrogens (tertiary/aromatic N) is 1. The predicted octanol–water partition coefficient (Wildman–Crippen LogP) is 4.08. The Morgan fingerprint density at radius 1 is 1.17 bits per heavy atom. The van der Waals surface area contributed by atoms with Gasteiger partial charge in [0.05, 0.1) is 5.52 Å². The topological polar surface area (TPSA) is 92.1 Å². The highest BCUT2D eigenvalue weighted by molar-refractivity contribution is 6.08. The number of para-hydroxylation sites is 1. The first-order valence-electron chi connectivity index (χ1n) is 7.67. The molecule has 0 amide bonds. The summed E-state index contributed by atoms with van der Waals surface area (Å²) in [5, 5.41) is 16.7. The van der Waals surface area contributed by atoms with Crippen LogP contribution in [0.1, 0.15) is 25.8 Å². The van der Waals surface area contributed by atoms with Gasteiger partial charge in [-0.15, -0.1) is 0 Å². The highest BCUT2D eigenvalue weighted by Crippen LogP contribution is 2.25. The molecule has 2 aromatic carbocycles. The van der Waals surface area contributed by atoms with E-state index in [4.69, 9.17) is 16.2 Å². The second-order valence-corrected chi connectivity index (χ2v) is 5.39. The third-order valence-electron chi connectivity index (χ3n) is 3.59. The van der Waals surface area contributed by atoms with Crippen LogP contribution < -0.4 is 5.73 Å². The Balaban J connectivity index is 0.000000368. The fourth-order valence-electron chi connectivity index (χ4n) is 2.33. The van der Waals surface area contributed by atoms with Gasteiger partial charge in [-0.3, -0.25) is 4.79 Å². The average Bonchev–Trinajstić information content (AvgIpc) is 2.96. The number of fused-ring (bicyclic) bond motifs is 1. The van der Waals surface area contributed by atoms with Crippen LogP contribution in [0.4, 0.5) is 5.69 Å². The summed E-state index contributed by atoms with van der Waals surface area (Å²) >= 11 is 0. The van der Waals surface area contributed by atoms with Crippen LogP contribution in [0, 0.1) is 5.41 Å². The number of carboxylic acids is 1. The fraction of sp³-hybridized carbons (Fsp3) is 0.158. The third-order valence-corrected chi connectivity index (χ3v) is 3.59. The van der Waals surface area contributed by atoms with Crippen molar-refractivity contribution in [1.82, 2.24) is 4.57 Å². The van der Waals surface area contributed by atoms with Crippen LogP contribution in [-0.4, -0.2) is 21.4 Å². The van der Waals surface area contributed by atoms with Crippen molar-refractivity contribution in [2.24, 2.45) is 0 Å². The highest BCUT2D eigenvalue weighted by atomic mass is 16.4. The molecular weight excluding hydrogens is 302 g/mol. The molecule has 5 heteroatoms. The van der Waals surface area contributed by atoms with Crippen LogP contribution in [0.3, 0.4) is 0 Å². The molecule has 0 unspecified atom stereocenters. The Labute approximate surface area is 140 Å². The molecule has 0 aliphatic rings. The molecule has 0 fully saturated rings. The van der Waals surface area contributed by atoms with Crippen LogP contribution >= 0.6 is 0 Å². The van der Waals surface area contributed by atoms with Gasteiger partial charge in [0.1, 0.15) is 0 Å². The van der Waals surface area contributed by atoms with Crippen molar-refractivity contribution in [2.75, 3.05) is 5.73 Å². The van der Waals surface area contributed by atoms with Crippen LogP contribution in [0.2, 0.25) is 0 Å². The predicted molar refractivity (Wildman–Crippen MR) is 98.1 cm³/mol. The van der Waals surface area contributed by atoms with Crippen molar-refractivity contribution >= 4 is 28.3 Å². The van der Waals surface area contributed by atoms with Crippen molar-refractivity contribution in [3.8, 4) is 5.69 Å². The van der Waals surface area contributed by atoms with Gasteiger partial charge >= 0.3 is 5.97 Å². The zero-order valence-corrected chi connectivity index (χ0v) is 13.8. The van der Waals surface area contributed by atoms with Crippen LogP contribution in [0.5, 0.6) is 0 Å². The summed E-state index contributed by atoms with van der Waals surface area (Å²) in [4.78, 5) is 9.37. The number of aliphatic carboxylic acids is 1. The number of nitrogens with two attached hydrogens (primary N) is 1. The standard InChI is InChI=1S/C16H15N3.C3H6O2/c1-11(17)15-10-19(13-8-6-12(18)7-9-13)16-5-3-2-4-14(15)16;1-2-3(4)5/h2-10,17H,18H2,1H3;2H2,1H3,(H,4,5). The summed E-state index contributed by atoms with van der Waals surface area (Å²) in [5.41, 5.74) is 10.2. The van der Waals surface area contributed by atoms with Gasteiger partial charge in [0, 0.05) is 40.7 Å². The number of carbonyl (C=O) groups is 1. The number of benzene rings is 2. The van der Waals surface area contributed by atoms with E-state index in [1.165, 1.54) is 0 Å². The minimum absolute atomic E-state index is 0.222. The van der Waals surface area contributed by atoms with E-state index in [0.29, 0.717) is 5.71 Å². The molecule has 3 rings (SSSR count). The molecule has 0 aliphatic heterocycles. The Hall–Kier alpha value is -3.08. The molecule has 1 heterocycles. The number of anilines is 1. The van der Waals surface area contributed by atoms with Crippen LogP contribution in [-0.2, 0) is 4.79 Å². The zero-order chi connectivity index (χ0) is 17.7. The lowest BCUT2D eigenvalue weighted by molar-refractivity contribution is -0.136. The maximum atomic E-state index is 9.37. The third kappa shape index (κ3) is 3.81. The minimum atomic E-state index is -0.745. The minimum Gasteiger partial charge on any atom is -0.481 e. The highest BCUT2D eigenvalue weighted by Gasteiger charge is 2.10. The Bertz CT molecular complexity index is 864. The molecule has 0 atom stereocenters. The van der Waals surface area contributed by atoms with E-state index in [9.17, 15) is 4.79 Å². The number of carboxylic acid groups (broad SMARTS) is 1. The molecule has 0 saturated heterocycles. The Morgan fingerprint density at radius 3 is 2.29 bits per heavy atom. The van der Waals surface area contributed by atoms with Crippen molar-refractivity contribution in [3.05, 3.63) is 60.3 Å². The van der Waals surface area contributed by atoms with Crippen LogP contribution in [0.15, 0.2) is 54.7 Å². The Kier molecular flexibility index (Phi) is 5.37. The number of nitrogen functional groups attached to an aromatic ring is 1. The lowest BCUT2D eigenvalue weighted by Gasteiger charge is -2.05. The van der Waals surface area contributed by atoms with Gasteiger partial charge in [-0.1, -0.05) is 25.1 Å². The van der Waals surface area contributed by atoms with E-state index in [2.05, 4.69) is 16.7 Å². The monoisotopic (exact) mass is 323 g/mol. The molecule has 0 spiro atoms. The number of hydrogen-bond acceptors (Lipinski definition) is 3. The lowest BCUT2D eigenvalue weighted by Crippen LogP contribution is -1.93. The molecule has 1 aromatic heterocycles. The molecule has 124 valence electrons. The molecule has 0 saturated carbocycles. The molecular formula is C19H21N3O2.